The summed E-state index contributed by atoms with van der Waals surface area (Å²) in [7, 11) is 1.64. The number of ether oxygens (including phenoxy) is 3. The molecule has 0 spiro atoms. The van der Waals surface area contributed by atoms with Crippen molar-refractivity contribution in [1.29, 1.82) is 0 Å². The second kappa shape index (κ2) is 5.43. The third kappa shape index (κ3) is 2.47. The van der Waals surface area contributed by atoms with Gasteiger partial charge < -0.3 is 14.2 Å². The zero-order valence-electron chi connectivity index (χ0n) is 12.8. The zero-order valence-corrected chi connectivity index (χ0v) is 12.8. The second-order valence-corrected chi connectivity index (χ2v) is 6.52. The van der Waals surface area contributed by atoms with Crippen LogP contribution in [0.2, 0.25) is 0 Å². The van der Waals surface area contributed by atoms with Gasteiger partial charge in [0.25, 0.3) is 0 Å². The highest BCUT2D eigenvalue weighted by atomic mass is 16.6. The molecule has 0 bridgehead atoms. The molecule has 0 N–H and O–H groups in total. The third-order valence-corrected chi connectivity index (χ3v) is 4.70. The van der Waals surface area contributed by atoms with E-state index >= 15 is 0 Å². The Kier molecular flexibility index (Phi) is 3.76. The lowest BCUT2D eigenvalue weighted by molar-refractivity contribution is -0.183. The van der Waals surface area contributed by atoms with E-state index in [1.165, 1.54) is 0 Å². The maximum Gasteiger partial charge on any atom is 0.338 e. The fourth-order valence-corrected chi connectivity index (χ4v) is 3.66. The van der Waals surface area contributed by atoms with E-state index in [4.69, 9.17) is 14.2 Å². The number of carbonyl (C=O) groups is 1. The van der Waals surface area contributed by atoms with Crippen molar-refractivity contribution in [3.05, 3.63) is 35.4 Å². The summed E-state index contributed by atoms with van der Waals surface area (Å²) in [5.41, 5.74) is 1.46. The molecule has 4 nitrogen and oxygen atoms in total. The van der Waals surface area contributed by atoms with E-state index in [0.717, 1.165) is 18.6 Å². The number of methoxy groups -OCH3 is 1. The number of carbonyl (C=O) groups excluding carboxylic acids is 1. The van der Waals surface area contributed by atoms with Crippen molar-refractivity contribution in [2.24, 2.45) is 11.3 Å². The van der Waals surface area contributed by atoms with E-state index in [1.807, 2.05) is 18.2 Å². The number of rotatable bonds is 4. The topological polar surface area (TPSA) is 44.8 Å². The predicted octanol–water partition coefficient (Wildman–Crippen LogP) is 2.80. The second-order valence-electron chi connectivity index (χ2n) is 6.52. The highest BCUT2D eigenvalue weighted by Gasteiger charge is 2.61. The maximum atomic E-state index is 12.4. The monoisotopic (exact) mass is 290 g/mol. The molecule has 1 aliphatic heterocycles. The van der Waals surface area contributed by atoms with Gasteiger partial charge in [-0.3, -0.25) is 0 Å². The molecule has 3 unspecified atom stereocenters. The highest BCUT2D eigenvalue weighted by molar-refractivity contribution is 5.89. The van der Waals surface area contributed by atoms with Crippen LogP contribution in [0.3, 0.4) is 0 Å². The van der Waals surface area contributed by atoms with Gasteiger partial charge in [0.1, 0.15) is 6.10 Å². The minimum atomic E-state index is -0.253. The Morgan fingerprint density at radius 1 is 1.43 bits per heavy atom. The van der Waals surface area contributed by atoms with Crippen molar-refractivity contribution in [2.75, 3.05) is 13.7 Å². The molecule has 1 saturated carbocycles. The normalized spacial score (nSPS) is 29.6. The van der Waals surface area contributed by atoms with Gasteiger partial charge in [0.2, 0.25) is 0 Å². The van der Waals surface area contributed by atoms with Crippen LogP contribution in [-0.2, 0) is 20.8 Å². The smallest absolute Gasteiger partial charge is 0.338 e. The summed E-state index contributed by atoms with van der Waals surface area (Å²) in [4.78, 5) is 12.4. The lowest BCUT2D eigenvalue weighted by Crippen LogP contribution is -2.61. The number of hydrogen-bond donors (Lipinski definition) is 0. The first-order chi connectivity index (χ1) is 10.0. The van der Waals surface area contributed by atoms with E-state index in [2.05, 4.69) is 13.8 Å². The van der Waals surface area contributed by atoms with Crippen LogP contribution < -0.4 is 0 Å². The average Bonchev–Trinajstić information content (AvgIpc) is 2.92. The lowest BCUT2D eigenvalue weighted by Gasteiger charge is -2.53. The summed E-state index contributed by atoms with van der Waals surface area (Å²) in [6.07, 6.45) is 1.16. The van der Waals surface area contributed by atoms with Gasteiger partial charge in [-0.15, -0.1) is 0 Å². The van der Waals surface area contributed by atoms with Crippen LogP contribution in [0.15, 0.2) is 24.3 Å². The van der Waals surface area contributed by atoms with Crippen molar-refractivity contribution in [1.82, 2.24) is 0 Å². The molecule has 2 aliphatic rings. The fraction of sp³-hybridized carbons (Fsp3) is 0.588. The van der Waals surface area contributed by atoms with E-state index < -0.39 is 0 Å². The van der Waals surface area contributed by atoms with E-state index in [-0.39, 0.29) is 23.6 Å². The van der Waals surface area contributed by atoms with Crippen LogP contribution >= 0.6 is 0 Å². The maximum absolute atomic E-state index is 12.4. The third-order valence-electron chi connectivity index (χ3n) is 4.70. The van der Waals surface area contributed by atoms with Crippen LogP contribution in [0.4, 0.5) is 0 Å². The SMILES string of the molecule is COCc1cccc(C(=O)OC2C3CCOC3C2(C)C)c1. The first kappa shape index (κ1) is 14.5. The standard InChI is InChI=1S/C17H22O4/c1-17(2)14-13(7-8-20-14)15(17)21-16(18)12-6-4-5-11(9-12)10-19-3/h4-6,9,13-15H,7-8,10H2,1-3H3. The molecule has 0 radical (unpaired) electrons. The van der Waals surface area contributed by atoms with Crippen molar-refractivity contribution in [2.45, 2.75) is 39.1 Å². The number of benzene rings is 1. The predicted molar refractivity (Wildman–Crippen MR) is 78.0 cm³/mol. The Hall–Kier alpha value is -1.39. The molecular formula is C17H22O4. The average molecular weight is 290 g/mol. The molecule has 0 aromatic heterocycles. The van der Waals surface area contributed by atoms with Gasteiger partial charge in [-0.1, -0.05) is 26.0 Å². The van der Waals surface area contributed by atoms with Gasteiger partial charge in [0.05, 0.1) is 18.3 Å². The van der Waals surface area contributed by atoms with Crippen molar-refractivity contribution >= 4 is 5.97 Å². The first-order valence-electron chi connectivity index (χ1n) is 7.44. The van der Waals surface area contributed by atoms with Crippen LogP contribution in [0.1, 0.15) is 36.2 Å². The summed E-state index contributed by atoms with van der Waals surface area (Å²) >= 11 is 0. The number of esters is 1. The van der Waals surface area contributed by atoms with Gasteiger partial charge in [0.15, 0.2) is 0 Å². The molecule has 21 heavy (non-hydrogen) atoms. The quantitative estimate of drug-likeness (QED) is 0.800. The van der Waals surface area contributed by atoms with Gasteiger partial charge in [-0.2, -0.15) is 0 Å². The van der Waals surface area contributed by atoms with Crippen LogP contribution in [0.25, 0.3) is 0 Å². The summed E-state index contributed by atoms with van der Waals surface area (Å²) in [6, 6.07) is 7.42. The summed E-state index contributed by atoms with van der Waals surface area (Å²) in [5.74, 6) is 0.0995. The largest absolute Gasteiger partial charge is 0.458 e. The molecule has 114 valence electrons. The molecule has 1 aromatic rings. The Morgan fingerprint density at radius 3 is 3.00 bits per heavy atom. The lowest BCUT2D eigenvalue weighted by atomic mass is 9.59. The van der Waals surface area contributed by atoms with Crippen molar-refractivity contribution < 1.29 is 19.0 Å². The first-order valence-corrected chi connectivity index (χ1v) is 7.44. The Balaban J connectivity index is 1.70. The molecule has 1 aliphatic carbocycles. The van der Waals surface area contributed by atoms with Gasteiger partial charge >= 0.3 is 5.97 Å². The minimum Gasteiger partial charge on any atom is -0.458 e. The molecule has 3 rings (SSSR count). The van der Waals surface area contributed by atoms with E-state index in [1.54, 1.807) is 13.2 Å². The fourth-order valence-electron chi connectivity index (χ4n) is 3.66. The van der Waals surface area contributed by atoms with Gasteiger partial charge in [-0.05, 0) is 24.1 Å². The number of hydrogen-bond acceptors (Lipinski definition) is 4. The van der Waals surface area contributed by atoms with Gasteiger partial charge in [0, 0.05) is 25.0 Å². The molecule has 1 aromatic carbocycles. The highest BCUT2D eigenvalue weighted by Crippen LogP contribution is 2.53. The van der Waals surface area contributed by atoms with Gasteiger partial charge in [-0.25, -0.2) is 4.79 Å². The van der Waals surface area contributed by atoms with E-state index in [0.29, 0.717) is 18.1 Å². The molecular weight excluding hydrogens is 268 g/mol. The minimum absolute atomic E-state index is 0.0522. The van der Waals surface area contributed by atoms with Crippen molar-refractivity contribution in [3.63, 3.8) is 0 Å². The Labute approximate surface area is 125 Å². The van der Waals surface area contributed by atoms with Crippen LogP contribution in [0, 0.1) is 11.3 Å². The molecule has 1 heterocycles. The Morgan fingerprint density at radius 2 is 2.24 bits per heavy atom. The molecule has 4 heteroatoms. The molecule has 2 fully saturated rings. The molecule has 0 amide bonds. The summed E-state index contributed by atoms with van der Waals surface area (Å²) < 4.78 is 16.6. The van der Waals surface area contributed by atoms with Crippen LogP contribution in [-0.4, -0.2) is 31.9 Å². The summed E-state index contributed by atoms with van der Waals surface area (Å²) in [6.45, 7) is 5.49. The molecule has 3 atom stereocenters. The Bertz CT molecular complexity index is 537. The molecule has 1 saturated heterocycles. The number of fused-ring (bicyclic) bond motifs is 1. The van der Waals surface area contributed by atoms with Crippen molar-refractivity contribution in [3.8, 4) is 0 Å². The van der Waals surface area contributed by atoms with E-state index in [9.17, 15) is 4.79 Å². The van der Waals surface area contributed by atoms with Crippen LogP contribution in [0.5, 0.6) is 0 Å². The summed E-state index contributed by atoms with van der Waals surface area (Å²) in [5, 5.41) is 0. The zero-order chi connectivity index (χ0) is 15.0.